The van der Waals surface area contributed by atoms with Crippen LogP contribution in [0.1, 0.15) is 27.7 Å². The van der Waals surface area contributed by atoms with Crippen molar-refractivity contribution < 1.29 is 42.8 Å². The summed E-state index contributed by atoms with van der Waals surface area (Å²) >= 11 is 0. The molecule has 0 bridgehead atoms. The molecule has 0 heterocycles. The van der Waals surface area contributed by atoms with Crippen molar-refractivity contribution in [3.05, 3.63) is 0 Å². The van der Waals surface area contributed by atoms with E-state index in [4.69, 9.17) is 14.2 Å². The maximum atomic E-state index is 12.0. The van der Waals surface area contributed by atoms with E-state index < -0.39 is 37.6 Å². The fourth-order valence-electron chi connectivity index (χ4n) is 2.84. The van der Waals surface area contributed by atoms with E-state index in [0.717, 1.165) is 18.6 Å². The minimum atomic E-state index is -4.43. The van der Waals surface area contributed by atoms with Crippen LogP contribution in [0.5, 0.6) is 0 Å². The number of carbonyl (C=O) groups is 1. The summed E-state index contributed by atoms with van der Waals surface area (Å²) in [5.74, 6) is 2.06. The lowest BCUT2D eigenvalue weighted by atomic mass is 10.2. The lowest BCUT2D eigenvalue weighted by Crippen LogP contribution is -2.40. The average Bonchev–Trinajstić information content (AvgIpc) is 2.58. The molecule has 0 aromatic rings. The van der Waals surface area contributed by atoms with Crippen LogP contribution in [0.4, 0.5) is 4.79 Å². The smallest absolute Gasteiger partial charge is 0.408 e. The Balaban J connectivity index is 5.09. The predicted molar refractivity (Wildman–Crippen MR) is 117 cm³/mol. The second kappa shape index (κ2) is 11.6. The van der Waals surface area contributed by atoms with E-state index in [1.807, 2.05) is 33.0 Å². The van der Waals surface area contributed by atoms with Gasteiger partial charge in [0.2, 0.25) is 13.9 Å². The Morgan fingerprint density at radius 3 is 1.90 bits per heavy atom. The molecule has 0 aromatic carbocycles. The predicted octanol–water partition coefficient (Wildman–Crippen LogP) is 2.41. The van der Waals surface area contributed by atoms with Crippen molar-refractivity contribution in [3.8, 4) is 0 Å². The number of rotatable bonds is 13. The third kappa shape index (κ3) is 10.8. The number of carbonyl (C=O) groups excluding carboxylic acids is 1. The Kier molecular flexibility index (Phi) is 11.6. The van der Waals surface area contributed by atoms with E-state index in [-0.39, 0.29) is 17.8 Å². The van der Waals surface area contributed by atoms with Crippen molar-refractivity contribution in [1.29, 1.82) is 0 Å². The van der Waals surface area contributed by atoms with Crippen LogP contribution < -0.4 is 5.32 Å². The number of nitrogens with one attached hydrogen (secondary N) is 1. The SMILES string of the molecule is COC(C)(C)CS(C)(CCOC(=O)NC(P(O)O)P(=O)(O)OC)CC(C)(C)OC. The summed E-state index contributed by atoms with van der Waals surface area (Å²) in [4.78, 5) is 40.2. The van der Waals surface area contributed by atoms with Crippen molar-refractivity contribution >= 4 is 32.1 Å². The van der Waals surface area contributed by atoms with E-state index in [1.54, 1.807) is 14.2 Å². The first-order valence-electron chi connectivity index (χ1n) is 8.83. The van der Waals surface area contributed by atoms with Crippen LogP contribution in [0.25, 0.3) is 0 Å². The minimum absolute atomic E-state index is 0.0431. The summed E-state index contributed by atoms with van der Waals surface area (Å²) < 4.78 is 32.5. The first kappa shape index (κ1) is 29.0. The van der Waals surface area contributed by atoms with Crippen molar-refractivity contribution in [1.82, 2.24) is 5.32 Å². The third-order valence-electron chi connectivity index (χ3n) is 4.34. The van der Waals surface area contributed by atoms with E-state index in [9.17, 15) is 24.0 Å². The molecule has 2 atom stereocenters. The molecule has 0 fully saturated rings. The van der Waals surface area contributed by atoms with Gasteiger partial charge in [0.1, 0.15) is 6.61 Å². The molecule has 0 aliphatic rings. The van der Waals surface area contributed by atoms with Crippen LogP contribution in [-0.2, 0) is 23.3 Å². The standard InChI is InChI=1S/C16H37NO9P2S/c1-15(2,23-5)11-29(8,12-16(3,4)24-6)10-9-26-13(18)17-14(27(19)20)28(21,22)25-7/h14,19-20H,9-12H2,1-8H3,(H,17,18)(H,21,22). The van der Waals surface area contributed by atoms with Crippen molar-refractivity contribution in [3.63, 3.8) is 0 Å². The zero-order valence-electron chi connectivity index (χ0n) is 18.5. The summed E-state index contributed by atoms with van der Waals surface area (Å²) in [6, 6.07) is 0. The molecular formula is C16H37NO9P2S. The Bertz CT molecular complexity index is 557. The molecule has 0 aliphatic heterocycles. The van der Waals surface area contributed by atoms with E-state index >= 15 is 0 Å². The zero-order valence-corrected chi connectivity index (χ0v) is 21.1. The molecule has 0 saturated heterocycles. The van der Waals surface area contributed by atoms with Gasteiger partial charge < -0.3 is 33.4 Å². The fraction of sp³-hybridized carbons (Fsp3) is 0.938. The number of methoxy groups -OCH3 is 2. The zero-order chi connectivity index (χ0) is 23.1. The monoisotopic (exact) mass is 481 g/mol. The molecule has 0 aromatic heterocycles. The molecule has 176 valence electrons. The highest BCUT2D eigenvalue weighted by molar-refractivity contribution is 8.33. The second-order valence-electron chi connectivity index (χ2n) is 8.12. The largest absolute Gasteiger partial charge is 0.449 e. The molecule has 0 radical (unpaired) electrons. The van der Waals surface area contributed by atoms with E-state index in [2.05, 4.69) is 10.8 Å². The van der Waals surface area contributed by atoms with Gasteiger partial charge in [0.05, 0.1) is 11.2 Å². The first-order chi connectivity index (χ1) is 13.0. The molecular weight excluding hydrogens is 444 g/mol. The van der Waals surface area contributed by atoms with Crippen LogP contribution in [0.15, 0.2) is 0 Å². The Morgan fingerprint density at radius 2 is 1.55 bits per heavy atom. The molecule has 1 amide bonds. The first-order valence-corrected chi connectivity index (χ1v) is 14.3. The van der Waals surface area contributed by atoms with Crippen molar-refractivity contribution in [2.75, 3.05) is 51.5 Å². The summed E-state index contributed by atoms with van der Waals surface area (Å²) in [6.07, 6.45) is 1.10. The van der Waals surface area contributed by atoms with Gasteiger partial charge in [-0.2, -0.15) is 0 Å². The fourth-order valence-corrected chi connectivity index (χ4v) is 9.33. The lowest BCUT2D eigenvalue weighted by molar-refractivity contribution is 0.0380. The molecule has 0 saturated carbocycles. The van der Waals surface area contributed by atoms with Gasteiger partial charge >= 0.3 is 13.7 Å². The van der Waals surface area contributed by atoms with Gasteiger partial charge in [0, 0.05) is 38.6 Å². The van der Waals surface area contributed by atoms with Crippen LogP contribution >= 0.6 is 26.0 Å². The van der Waals surface area contributed by atoms with Gasteiger partial charge in [0.15, 0.2) is 0 Å². The number of hydrogen-bond donors (Lipinski definition) is 4. The second-order valence-corrected chi connectivity index (χ2v) is 15.6. The summed E-state index contributed by atoms with van der Waals surface area (Å²) in [5.41, 5.74) is -2.59. The van der Waals surface area contributed by atoms with Crippen molar-refractivity contribution in [2.24, 2.45) is 0 Å². The van der Waals surface area contributed by atoms with Crippen LogP contribution in [0, 0.1) is 0 Å². The summed E-state index contributed by atoms with van der Waals surface area (Å²) in [5, 5.41) is 2.00. The highest BCUT2D eigenvalue weighted by Gasteiger charge is 2.40. The molecule has 4 N–H and O–H groups in total. The third-order valence-corrected chi connectivity index (χ3v) is 11.6. The topological polar surface area (TPSA) is 144 Å². The normalized spacial score (nSPS) is 17.0. The minimum Gasteiger partial charge on any atom is -0.449 e. The van der Waals surface area contributed by atoms with Crippen LogP contribution in [0.3, 0.4) is 0 Å². The van der Waals surface area contributed by atoms with Gasteiger partial charge in [-0.25, -0.2) is 14.8 Å². The van der Waals surface area contributed by atoms with Crippen molar-refractivity contribution in [2.45, 2.75) is 44.4 Å². The summed E-state index contributed by atoms with van der Waals surface area (Å²) in [7, 11) is -4.48. The molecule has 29 heavy (non-hydrogen) atoms. The lowest BCUT2D eigenvalue weighted by Gasteiger charge is -2.45. The van der Waals surface area contributed by atoms with E-state index in [1.165, 1.54) is 0 Å². The molecule has 2 unspecified atom stereocenters. The van der Waals surface area contributed by atoms with Gasteiger partial charge in [-0.3, -0.25) is 9.88 Å². The number of hydrogen-bond acceptors (Lipinski definition) is 8. The van der Waals surface area contributed by atoms with E-state index in [0.29, 0.717) is 5.75 Å². The summed E-state index contributed by atoms with van der Waals surface area (Å²) in [6.45, 7) is 8.01. The average molecular weight is 481 g/mol. The quantitative estimate of drug-likeness (QED) is 0.292. The molecule has 13 heteroatoms. The number of alkyl carbamates (subject to hydrolysis) is 1. The maximum Gasteiger partial charge on any atom is 0.408 e. The van der Waals surface area contributed by atoms with Crippen LogP contribution in [-0.4, -0.2) is 89.0 Å². The Morgan fingerprint density at radius 1 is 1.10 bits per heavy atom. The number of ether oxygens (including phenoxy) is 3. The molecule has 10 nitrogen and oxygen atoms in total. The molecule has 0 aliphatic carbocycles. The Hall–Kier alpha value is 0.0400. The van der Waals surface area contributed by atoms with Crippen LogP contribution in [0.2, 0.25) is 0 Å². The number of amides is 1. The van der Waals surface area contributed by atoms with Gasteiger partial charge in [-0.05, 0) is 34.0 Å². The maximum absolute atomic E-state index is 12.0. The highest BCUT2D eigenvalue weighted by Crippen LogP contribution is 2.56. The molecule has 0 spiro atoms. The molecule has 0 rings (SSSR count). The highest BCUT2D eigenvalue weighted by atomic mass is 32.3. The van der Waals surface area contributed by atoms with Gasteiger partial charge in [0.25, 0.3) is 0 Å². The van der Waals surface area contributed by atoms with Gasteiger partial charge in [-0.1, -0.05) is 0 Å². The Labute approximate surface area is 176 Å². The van der Waals surface area contributed by atoms with Gasteiger partial charge in [-0.15, -0.1) is 0 Å².